The summed E-state index contributed by atoms with van der Waals surface area (Å²) in [4.78, 5) is 8.02. The molecule has 0 fully saturated rings. The van der Waals surface area contributed by atoms with Crippen molar-refractivity contribution in [1.29, 1.82) is 0 Å². The number of nitrogens with zero attached hydrogens (tertiary/aromatic N) is 2. The monoisotopic (exact) mass is 132 g/mol. The Morgan fingerprint density at radius 1 is 1.50 bits per heavy atom. The second kappa shape index (κ2) is 2.98. The normalized spacial score (nSPS) is 8.20. The van der Waals surface area contributed by atoms with E-state index in [9.17, 15) is 0 Å². The van der Waals surface area contributed by atoms with Crippen LogP contribution >= 0.6 is 0 Å². The average molecular weight is 132 g/mol. The third kappa shape index (κ3) is 1.56. The predicted molar refractivity (Wildman–Crippen MR) is 39.3 cm³/mol. The van der Waals surface area contributed by atoms with Gasteiger partial charge >= 0.3 is 0 Å². The summed E-state index contributed by atoms with van der Waals surface area (Å²) in [6, 6.07) is 1.80. The smallest absolute Gasteiger partial charge is 0.126 e. The Kier molecular flexibility index (Phi) is 2.01. The highest BCUT2D eigenvalue weighted by Crippen LogP contribution is 1.90. The van der Waals surface area contributed by atoms with Crippen molar-refractivity contribution in [2.45, 2.75) is 13.8 Å². The first kappa shape index (κ1) is 6.76. The number of hydrogen-bond donors (Lipinski definition) is 0. The fourth-order valence-electron chi connectivity index (χ4n) is 0.654. The van der Waals surface area contributed by atoms with E-state index in [1.807, 2.05) is 6.92 Å². The molecular weight excluding hydrogens is 124 g/mol. The summed E-state index contributed by atoms with van der Waals surface area (Å²) < 4.78 is 0. The molecule has 1 heterocycles. The standard InChI is InChI=1S/C8H8N2/c1-3-4-8-5-6-9-7(2)10-8/h5-6H,1-2H3. The van der Waals surface area contributed by atoms with Gasteiger partial charge < -0.3 is 0 Å². The average Bonchev–Trinajstić information content (AvgIpc) is 1.88. The molecule has 1 aromatic heterocycles. The second-order valence-electron chi connectivity index (χ2n) is 1.86. The summed E-state index contributed by atoms with van der Waals surface area (Å²) in [5, 5.41) is 0. The molecular formula is C8H8N2. The van der Waals surface area contributed by atoms with Gasteiger partial charge in [0.05, 0.1) is 0 Å². The summed E-state index contributed by atoms with van der Waals surface area (Å²) in [5.41, 5.74) is 0.787. The van der Waals surface area contributed by atoms with Gasteiger partial charge in [0.25, 0.3) is 0 Å². The number of aryl methyl sites for hydroxylation is 1. The molecule has 0 unspecified atom stereocenters. The molecule has 0 aliphatic carbocycles. The van der Waals surface area contributed by atoms with E-state index >= 15 is 0 Å². The first-order valence-electron chi connectivity index (χ1n) is 3.05. The van der Waals surface area contributed by atoms with E-state index < -0.39 is 0 Å². The highest BCUT2D eigenvalue weighted by Gasteiger charge is 1.87. The summed E-state index contributed by atoms with van der Waals surface area (Å²) in [7, 11) is 0. The van der Waals surface area contributed by atoms with E-state index in [0.717, 1.165) is 11.5 Å². The van der Waals surface area contributed by atoms with Gasteiger partial charge in [0.15, 0.2) is 0 Å². The Hall–Kier alpha value is -1.36. The minimum atomic E-state index is 0.764. The van der Waals surface area contributed by atoms with Gasteiger partial charge in [-0.1, -0.05) is 5.92 Å². The fraction of sp³-hybridized carbons (Fsp3) is 0.250. The summed E-state index contributed by atoms with van der Waals surface area (Å²) in [6.07, 6.45) is 1.71. The molecule has 0 atom stereocenters. The summed E-state index contributed by atoms with van der Waals surface area (Å²) >= 11 is 0. The van der Waals surface area contributed by atoms with Crippen LogP contribution in [0.1, 0.15) is 18.4 Å². The van der Waals surface area contributed by atoms with Crippen LogP contribution in [0.25, 0.3) is 0 Å². The number of aromatic nitrogens is 2. The van der Waals surface area contributed by atoms with Crippen molar-refractivity contribution in [1.82, 2.24) is 9.97 Å². The molecule has 0 amide bonds. The van der Waals surface area contributed by atoms with Crippen LogP contribution < -0.4 is 0 Å². The lowest BCUT2D eigenvalue weighted by Crippen LogP contribution is -1.88. The van der Waals surface area contributed by atoms with E-state index in [4.69, 9.17) is 0 Å². The Morgan fingerprint density at radius 2 is 2.30 bits per heavy atom. The van der Waals surface area contributed by atoms with Crippen molar-refractivity contribution < 1.29 is 0 Å². The van der Waals surface area contributed by atoms with Gasteiger partial charge in [-0.15, -0.1) is 0 Å². The van der Waals surface area contributed by atoms with Crippen molar-refractivity contribution in [2.24, 2.45) is 0 Å². The van der Waals surface area contributed by atoms with Gasteiger partial charge in [-0.05, 0) is 25.8 Å². The predicted octanol–water partition coefficient (Wildman–Crippen LogP) is 1.16. The van der Waals surface area contributed by atoms with Crippen LogP contribution in [0.5, 0.6) is 0 Å². The van der Waals surface area contributed by atoms with Crippen LogP contribution in [0.3, 0.4) is 0 Å². The molecule has 0 spiro atoms. The molecule has 0 bridgehead atoms. The Labute approximate surface area is 60.3 Å². The van der Waals surface area contributed by atoms with Crippen molar-refractivity contribution in [3.8, 4) is 11.8 Å². The Bertz CT molecular complexity index is 281. The molecule has 10 heavy (non-hydrogen) atoms. The zero-order valence-corrected chi connectivity index (χ0v) is 6.05. The second-order valence-corrected chi connectivity index (χ2v) is 1.86. The molecule has 0 saturated carbocycles. The topological polar surface area (TPSA) is 25.8 Å². The Morgan fingerprint density at radius 3 is 2.90 bits per heavy atom. The van der Waals surface area contributed by atoms with Gasteiger partial charge in [0.1, 0.15) is 11.5 Å². The SMILES string of the molecule is CC#Cc1ccnc(C)n1. The van der Waals surface area contributed by atoms with Crippen molar-refractivity contribution in [3.63, 3.8) is 0 Å². The zero-order chi connectivity index (χ0) is 7.40. The van der Waals surface area contributed by atoms with Crippen LogP contribution in [0.4, 0.5) is 0 Å². The summed E-state index contributed by atoms with van der Waals surface area (Å²) in [5.74, 6) is 6.38. The van der Waals surface area contributed by atoms with Gasteiger partial charge in [0, 0.05) is 6.20 Å². The van der Waals surface area contributed by atoms with Gasteiger partial charge in [-0.25, -0.2) is 9.97 Å². The third-order valence-corrected chi connectivity index (χ3v) is 1.03. The molecule has 0 radical (unpaired) electrons. The third-order valence-electron chi connectivity index (χ3n) is 1.03. The molecule has 0 saturated heterocycles. The molecule has 1 aromatic rings. The fourth-order valence-corrected chi connectivity index (χ4v) is 0.654. The largest absolute Gasteiger partial charge is 0.242 e. The van der Waals surface area contributed by atoms with Crippen molar-refractivity contribution in [2.75, 3.05) is 0 Å². The maximum atomic E-state index is 4.08. The van der Waals surface area contributed by atoms with Gasteiger partial charge in [-0.2, -0.15) is 0 Å². The highest BCUT2D eigenvalue weighted by molar-refractivity contribution is 5.25. The van der Waals surface area contributed by atoms with Crippen LogP contribution in [-0.2, 0) is 0 Å². The van der Waals surface area contributed by atoms with E-state index in [2.05, 4.69) is 21.8 Å². The van der Waals surface area contributed by atoms with Crippen molar-refractivity contribution >= 4 is 0 Å². The molecule has 2 nitrogen and oxygen atoms in total. The molecule has 0 aliphatic heterocycles. The first-order valence-corrected chi connectivity index (χ1v) is 3.05. The number of hydrogen-bond acceptors (Lipinski definition) is 2. The lowest BCUT2D eigenvalue weighted by molar-refractivity contribution is 1.04. The first-order chi connectivity index (χ1) is 4.83. The maximum Gasteiger partial charge on any atom is 0.126 e. The molecule has 0 N–H and O–H groups in total. The van der Waals surface area contributed by atoms with E-state index in [1.54, 1.807) is 19.2 Å². The molecule has 1 rings (SSSR count). The summed E-state index contributed by atoms with van der Waals surface area (Å²) in [6.45, 7) is 3.64. The van der Waals surface area contributed by atoms with Crippen LogP contribution in [-0.4, -0.2) is 9.97 Å². The van der Waals surface area contributed by atoms with E-state index in [1.165, 1.54) is 0 Å². The minimum Gasteiger partial charge on any atom is -0.242 e. The Balaban J connectivity index is 3.03. The van der Waals surface area contributed by atoms with E-state index in [0.29, 0.717) is 0 Å². The zero-order valence-electron chi connectivity index (χ0n) is 6.05. The number of rotatable bonds is 0. The minimum absolute atomic E-state index is 0.764. The lowest BCUT2D eigenvalue weighted by Gasteiger charge is -1.89. The lowest BCUT2D eigenvalue weighted by atomic mass is 10.4. The van der Waals surface area contributed by atoms with Crippen LogP contribution in [0.2, 0.25) is 0 Å². The highest BCUT2D eigenvalue weighted by atomic mass is 14.9. The molecule has 0 aromatic carbocycles. The van der Waals surface area contributed by atoms with Crippen molar-refractivity contribution in [3.05, 3.63) is 23.8 Å². The van der Waals surface area contributed by atoms with Gasteiger partial charge in [-0.3, -0.25) is 0 Å². The van der Waals surface area contributed by atoms with Crippen LogP contribution in [0, 0.1) is 18.8 Å². The van der Waals surface area contributed by atoms with Gasteiger partial charge in [0.2, 0.25) is 0 Å². The quantitative estimate of drug-likeness (QED) is 0.495. The molecule has 50 valence electrons. The van der Waals surface area contributed by atoms with E-state index in [-0.39, 0.29) is 0 Å². The van der Waals surface area contributed by atoms with Crippen LogP contribution in [0.15, 0.2) is 12.3 Å². The molecule has 2 heteroatoms. The molecule has 0 aliphatic rings. The maximum absolute atomic E-state index is 4.08.